The van der Waals surface area contributed by atoms with Crippen molar-refractivity contribution in [2.45, 2.75) is 19.4 Å². The minimum absolute atomic E-state index is 0.0198. The Morgan fingerprint density at radius 3 is 2.82 bits per heavy atom. The summed E-state index contributed by atoms with van der Waals surface area (Å²) in [6.07, 6.45) is 1.26. The highest BCUT2D eigenvalue weighted by atomic mass is 32.2. The van der Waals surface area contributed by atoms with Gasteiger partial charge in [0.2, 0.25) is 0 Å². The molecular weight excluding hydrogens is 384 g/mol. The second-order valence-electron chi connectivity index (χ2n) is 6.63. The van der Waals surface area contributed by atoms with Gasteiger partial charge in [0.15, 0.2) is 16.8 Å². The van der Waals surface area contributed by atoms with E-state index in [-0.39, 0.29) is 22.9 Å². The number of amides is 1. The van der Waals surface area contributed by atoms with E-state index in [0.29, 0.717) is 16.5 Å². The fourth-order valence-corrected chi connectivity index (χ4v) is 3.89. The average molecular weight is 401 g/mol. The molecule has 3 N–H and O–H groups in total. The first-order valence-electron chi connectivity index (χ1n) is 8.39. The molecule has 1 aromatic carbocycles. The molecule has 9 heteroatoms. The number of nitrogens with zero attached hydrogens (tertiary/aromatic N) is 3. The highest BCUT2D eigenvalue weighted by molar-refractivity contribution is 8.13. The Bertz CT molecular complexity index is 1000. The molecule has 0 aliphatic carbocycles. The summed E-state index contributed by atoms with van der Waals surface area (Å²) < 4.78 is 28.9. The van der Waals surface area contributed by atoms with Crippen LogP contribution in [-0.4, -0.2) is 21.8 Å². The smallest absolute Gasteiger partial charge is 0.274 e. The highest BCUT2D eigenvalue weighted by Gasteiger charge is 2.39. The maximum absolute atomic E-state index is 14.6. The first kappa shape index (κ1) is 19.8. The summed E-state index contributed by atoms with van der Waals surface area (Å²) >= 11 is 1.36. The third-order valence-corrected chi connectivity index (χ3v) is 5.79. The zero-order valence-corrected chi connectivity index (χ0v) is 16.0. The van der Waals surface area contributed by atoms with Crippen molar-refractivity contribution >= 4 is 28.5 Å². The van der Waals surface area contributed by atoms with E-state index in [2.05, 4.69) is 15.3 Å². The molecule has 0 saturated carbocycles. The molecule has 28 heavy (non-hydrogen) atoms. The number of carbonyl (C=O) groups is 1. The number of thioether (sulfide) groups is 1. The van der Waals surface area contributed by atoms with E-state index in [9.17, 15) is 13.6 Å². The fraction of sp³-hybridized carbons (Fsp3) is 0.263. The van der Waals surface area contributed by atoms with Crippen LogP contribution in [0.25, 0.3) is 0 Å². The van der Waals surface area contributed by atoms with Crippen LogP contribution in [0.3, 0.4) is 0 Å². The number of hydrogen-bond acceptors (Lipinski definition) is 6. The second-order valence-corrected chi connectivity index (χ2v) is 7.67. The van der Waals surface area contributed by atoms with E-state index in [4.69, 9.17) is 11.0 Å². The number of nitrogens with one attached hydrogen (secondary N) is 1. The van der Waals surface area contributed by atoms with E-state index in [1.54, 1.807) is 6.92 Å². The molecule has 1 aromatic heterocycles. The quantitative estimate of drug-likeness (QED) is 0.820. The molecule has 0 unspecified atom stereocenters. The number of nitriles is 1. The number of carbonyl (C=O) groups excluding carboxylic acids is 1. The molecule has 0 spiro atoms. The van der Waals surface area contributed by atoms with Crippen LogP contribution >= 0.6 is 11.8 Å². The number of aromatic nitrogens is 1. The Morgan fingerprint density at radius 2 is 2.18 bits per heavy atom. The van der Waals surface area contributed by atoms with Crippen molar-refractivity contribution in [2.75, 3.05) is 11.1 Å². The monoisotopic (exact) mass is 401 g/mol. The van der Waals surface area contributed by atoms with Gasteiger partial charge in [0, 0.05) is 29.3 Å². The summed E-state index contributed by atoms with van der Waals surface area (Å²) in [7, 11) is 0. The van der Waals surface area contributed by atoms with Crippen LogP contribution in [0, 0.1) is 28.9 Å². The Kier molecular flexibility index (Phi) is 5.34. The van der Waals surface area contributed by atoms with Crippen LogP contribution in [0.4, 0.5) is 14.5 Å². The summed E-state index contributed by atoms with van der Waals surface area (Å²) in [5.41, 5.74) is 5.19. The van der Waals surface area contributed by atoms with E-state index >= 15 is 0 Å². The molecule has 1 amide bonds. The maximum atomic E-state index is 14.6. The summed E-state index contributed by atoms with van der Waals surface area (Å²) in [5.74, 6) is -2.22. The van der Waals surface area contributed by atoms with E-state index < -0.39 is 23.1 Å². The topological polar surface area (TPSA) is 104 Å². The molecule has 3 rings (SSSR count). The standard InChI is InChI=1S/C19H17F2N5OS/c1-10-9-28-18(23)26-19(10,2)13-5-12(6-14(20)16(13)21)25-17(27)15-4-3-11(7-22)8-24-15/h3-6,8,10H,9H2,1-2H3,(H2,23,26)(H,25,27)/t10-,19+/m1/s1. The van der Waals surface area contributed by atoms with Crippen molar-refractivity contribution in [3.05, 3.63) is 58.9 Å². The molecule has 144 valence electrons. The second kappa shape index (κ2) is 7.56. The van der Waals surface area contributed by atoms with Gasteiger partial charge in [-0.2, -0.15) is 5.26 Å². The Balaban J connectivity index is 1.96. The molecule has 1 aliphatic rings. The molecule has 0 radical (unpaired) electrons. The average Bonchev–Trinajstić information content (AvgIpc) is 2.67. The lowest BCUT2D eigenvalue weighted by molar-refractivity contribution is 0.102. The zero-order valence-electron chi connectivity index (χ0n) is 15.2. The summed E-state index contributed by atoms with van der Waals surface area (Å²) in [6, 6.07) is 6.99. The molecule has 1 aliphatic heterocycles. The predicted octanol–water partition coefficient (Wildman–Crippen LogP) is 3.40. The van der Waals surface area contributed by atoms with Crippen LogP contribution in [-0.2, 0) is 5.54 Å². The Labute approximate surface area is 164 Å². The number of hydrogen-bond donors (Lipinski definition) is 2. The minimum Gasteiger partial charge on any atom is -0.379 e. The Morgan fingerprint density at radius 1 is 1.43 bits per heavy atom. The number of benzene rings is 1. The van der Waals surface area contributed by atoms with Crippen molar-refractivity contribution in [1.82, 2.24) is 4.98 Å². The molecule has 0 fully saturated rings. The van der Waals surface area contributed by atoms with E-state index in [1.807, 2.05) is 13.0 Å². The van der Waals surface area contributed by atoms with Gasteiger partial charge < -0.3 is 11.1 Å². The summed E-state index contributed by atoms with van der Waals surface area (Å²) in [6.45, 7) is 3.57. The van der Waals surface area contributed by atoms with Gasteiger partial charge in [0.05, 0.1) is 11.1 Å². The van der Waals surface area contributed by atoms with Crippen LogP contribution in [0.15, 0.2) is 35.5 Å². The highest BCUT2D eigenvalue weighted by Crippen LogP contribution is 2.41. The normalized spacial score (nSPS) is 21.5. The molecule has 2 atom stereocenters. The number of nitrogens with two attached hydrogens (primary N) is 1. The van der Waals surface area contributed by atoms with Crippen molar-refractivity contribution in [2.24, 2.45) is 16.6 Å². The van der Waals surface area contributed by atoms with Crippen LogP contribution in [0.1, 0.15) is 35.5 Å². The number of amidine groups is 1. The van der Waals surface area contributed by atoms with Gasteiger partial charge in [0.1, 0.15) is 11.8 Å². The third-order valence-electron chi connectivity index (χ3n) is 4.74. The third kappa shape index (κ3) is 3.68. The van der Waals surface area contributed by atoms with Crippen LogP contribution in [0.5, 0.6) is 0 Å². The van der Waals surface area contributed by atoms with Gasteiger partial charge in [-0.3, -0.25) is 9.79 Å². The van der Waals surface area contributed by atoms with Crippen molar-refractivity contribution < 1.29 is 13.6 Å². The van der Waals surface area contributed by atoms with Crippen LogP contribution < -0.4 is 11.1 Å². The molecule has 2 aromatic rings. The molecule has 0 saturated heterocycles. The molecule has 6 nitrogen and oxygen atoms in total. The van der Waals surface area contributed by atoms with Crippen molar-refractivity contribution in [1.29, 1.82) is 5.26 Å². The lowest BCUT2D eigenvalue weighted by atomic mass is 9.81. The summed E-state index contributed by atoms with van der Waals surface area (Å²) in [4.78, 5) is 20.6. The van der Waals surface area contributed by atoms with Crippen molar-refractivity contribution in [3.8, 4) is 6.07 Å². The number of aliphatic imine (C=N–C) groups is 1. The van der Waals surface area contributed by atoms with E-state index in [0.717, 1.165) is 6.07 Å². The largest absolute Gasteiger partial charge is 0.379 e. The van der Waals surface area contributed by atoms with Gasteiger partial charge >= 0.3 is 0 Å². The minimum atomic E-state index is -1.10. The maximum Gasteiger partial charge on any atom is 0.274 e. The summed E-state index contributed by atoms with van der Waals surface area (Å²) in [5, 5.41) is 11.6. The number of halogens is 2. The van der Waals surface area contributed by atoms with Gasteiger partial charge in [-0.15, -0.1) is 0 Å². The van der Waals surface area contributed by atoms with E-state index in [1.165, 1.54) is 36.2 Å². The molecule has 2 heterocycles. The van der Waals surface area contributed by atoms with Crippen LogP contribution in [0.2, 0.25) is 0 Å². The van der Waals surface area contributed by atoms with Gasteiger partial charge in [0.25, 0.3) is 5.91 Å². The first-order chi connectivity index (χ1) is 13.2. The lowest BCUT2D eigenvalue weighted by Crippen LogP contribution is -2.37. The predicted molar refractivity (Wildman–Crippen MR) is 104 cm³/mol. The Hall–Kier alpha value is -2.99. The number of anilines is 1. The number of rotatable bonds is 3. The van der Waals surface area contributed by atoms with Gasteiger partial charge in [-0.1, -0.05) is 18.7 Å². The number of pyridine rings is 1. The van der Waals surface area contributed by atoms with Gasteiger partial charge in [-0.05, 0) is 31.0 Å². The zero-order chi connectivity index (χ0) is 20.5. The van der Waals surface area contributed by atoms with Gasteiger partial charge in [-0.25, -0.2) is 13.8 Å². The first-order valence-corrected chi connectivity index (χ1v) is 9.38. The van der Waals surface area contributed by atoms with Crippen molar-refractivity contribution in [3.63, 3.8) is 0 Å². The molecular formula is C19H17F2N5OS. The SMILES string of the molecule is C[C@@H]1CSC(N)=N[C@]1(C)c1cc(NC(=O)c2ccc(C#N)cn2)cc(F)c1F. The lowest BCUT2D eigenvalue weighted by Gasteiger charge is -2.36. The fourth-order valence-electron chi connectivity index (χ4n) is 2.89. The molecule has 0 bridgehead atoms.